The summed E-state index contributed by atoms with van der Waals surface area (Å²) in [5, 5.41) is 4.04. The van der Waals surface area contributed by atoms with Gasteiger partial charge in [-0.1, -0.05) is 0 Å². The maximum atomic E-state index is 5.84. The molecule has 0 aliphatic carbocycles. The number of nitrogens with zero attached hydrogens (tertiary/aromatic N) is 3. The smallest absolute Gasteiger partial charge is 0.229 e. The molecule has 3 rings (SSSR count). The molecule has 0 aliphatic heterocycles. The number of rotatable bonds is 5. The normalized spacial score (nSPS) is 11.7. The number of furan rings is 1. The number of aromatic nitrogens is 3. The monoisotopic (exact) mass is 302 g/mol. The van der Waals surface area contributed by atoms with E-state index in [4.69, 9.17) is 13.9 Å². The topological polar surface area (TPSA) is 82.3 Å². The van der Waals surface area contributed by atoms with Crippen molar-refractivity contribution in [2.24, 2.45) is 0 Å². The highest BCUT2D eigenvalue weighted by Crippen LogP contribution is 2.30. The Morgan fingerprint density at radius 2 is 2.00 bits per heavy atom. The fourth-order valence-corrected chi connectivity index (χ4v) is 2.26. The van der Waals surface area contributed by atoms with Gasteiger partial charge in [-0.05, 0) is 25.5 Å². The Kier molecular flexibility index (Phi) is 3.91. The Bertz CT molecular complexity index is 811. The number of aryl methyl sites for hydroxylation is 2. The van der Waals surface area contributed by atoms with E-state index < -0.39 is 0 Å². The predicted octanol–water partition coefficient (Wildman–Crippen LogP) is 2.42. The van der Waals surface area contributed by atoms with Gasteiger partial charge in [0.15, 0.2) is 17.7 Å². The molecule has 0 aliphatic rings. The second-order valence-electron chi connectivity index (χ2n) is 5.03. The van der Waals surface area contributed by atoms with Gasteiger partial charge >= 0.3 is 0 Å². The van der Waals surface area contributed by atoms with Crippen molar-refractivity contribution in [3.63, 3.8) is 0 Å². The average molecular weight is 302 g/mol. The minimum absolute atomic E-state index is 0.364. The van der Waals surface area contributed by atoms with Gasteiger partial charge in [-0.15, -0.1) is 0 Å². The zero-order valence-electron chi connectivity index (χ0n) is 13.0. The highest BCUT2D eigenvalue weighted by atomic mass is 16.7. The summed E-state index contributed by atoms with van der Waals surface area (Å²) in [4.78, 5) is 13.0. The SMILES string of the molecule is COC(CNc1ncnc2c1oc1nc(C)c(C)cc12)OC. The highest BCUT2D eigenvalue weighted by molar-refractivity contribution is 6.04. The number of anilines is 1. The van der Waals surface area contributed by atoms with Crippen LogP contribution < -0.4 is 5.32 Å². The van der Waals surface area contributed by atoms with Crippen molar-refractivity contribution in [3.8, 4) is 0 Å². The molecule has 7 heteroatoms. The third-order valence-corrected chi connectivity index (χ3v) is 3.65. The lowest BCUT2D eigenvalue weighted by Gasteiger charge is -2.14. The first kappa shape index (κ1) is 14.7. The van der Waals surface area contributed by atoms with Crippen molar-refractivity contribution in [3.05, 3.63) is 23.7 Å². The lowest BCUT2D eigenvalue weighted by atomic mass is 10.2. The molecule has 0 radical (unpaired) electrons. The van der Waals surface area contributed by atoms with E-state index in [2.05, 4.69) is 20.3 Å². The van der Waals surface area contributed by atoms with Crippen molar-refractivity contribution < 1.29 is 13.9 Å². The summed E-state index contributed by atoms with van der Waals surface area (Å²) in [5.41, 5.74) is 3.93. The minimum atomic E-state index is -0.364. The van der Waals surface area contributed by atoms with Gasteiger partial charge in [-0.2, -0.15) is 0 Å². The number of nitrogens with one attached hydrogen (secondary N) is 1. The Morgan fingerprint density at radius 1 is 1.23 bits per heavy atom. The molecule has 0 bridgehead atoms. The number of methoxy groups -OCH3 is 2. The summed E-state index contributed by atoms with van der Waals surface area (Å²) in [6.07, 6.45) is 1.14. The van der Waals surface area contributed by atoms with Crippen LogP contribution in [-0.4, -0.2) is 42.0 Å². The van der Waals surface area contributed by atoms with Crippen molar-refractivity contribution in [2.75, 3.05) is 26.1 Å². The molecule has 0 unspecified atom stereocenters. The number of pyridine rings is 1. The second-order valence-corrected chi connectivity index (χ2v) is 5.03. The van der Waals surface area contributed by atoms with E-state index in [0.717, 1.165) is 22.2 Å². The molecule has 0 aromatic carbocycles. The van der Waals surface area contributed by atoms with Gasteiger partial charge in [0.2, 0.25) is 5.71 Å². The Morgan fingerprint density at radius 3 is 2.73 bits per heavy atom. The van der Waals surface area contributed by atoms with Crippen LogP contribution in [0.5, 0.6) is 0 Å². The third kappa shape index (κ3) is 2.49. The summed E-state index contributed by atoms with van der Waals surface area (Å²) < 4.78 is 16.1. The van der Waals surface area contributed by atoms with E-state index in [-0.39, 0.29) is 6.29 Å². The van der Waals surface area contributed by atoms with Crippen molar-refractivity contribution in [2.45, 2.75) is 20.1 Å². The van der Waals surface area contributed by atoms with E-state index in [1.54, 1.807) is 14.2 Å². The van der Waals surface area contributed by atoms with Crippen LogP contribution in [0.15, 0.2) is 16.8 Å². The van der Waals surface area contributed by atoms with Crippen molar-refractivity contribution in [1.29, 1.82) is 0 Å². The van der Waals surface area contributed by atoms with Gasteiger partial charge in [-0.25, -0.2) is 15.0 Å². The number of hydrogen-bond acceptors (Lipinski definition) is 7. The zero-order chi connectivity index (χ0) is 15.7. The minimum Gasteiger partial charge on any atom is -0.432 e. The molecule has 0 amide bonds. The lowest BCUT2D eigenvalue weighted by molar-refractivity contribution is -0.0914. The maximum Gasteiger partial charge on any atom is 0.229 e. The van der Waals surface area contributed by atoms with Gasteiger partial charge in [-0.3, -0.25) is 0 Å². The summed E-state index contributed by atoms with van der Waals surface area (Å²) >= 11 is 0. The fraction of sp³-hybridized carbons (Fsp3) is 0.400. The molecule has 3 aromatic heterocycles. The summed E-state index contributed by atoms with van der Waals surface area (Å²) in [7, 11) is 3.17. The van der Waals surface area contributed by atoms with Crippen LogP contribution in [0.25, 0.3) is 22.2 Å². The molecule has 0 spiro atoms. The van der Waals surface area contributed by atoms with Gasteiger partial charge in [0.1, 0.15) is 11.8 Å². The molecule has 7 nitrogen and oxygen atoms in total. The number of ether oxygens (including phenoxy) is 2. The van der Waals surface area contributed by atoms with E-state index >= 15 is 0 Å². The van der Waals surface area contributed by atoms with Crippen LogP contribution in [0.4, 0.5) is 5.82 Å². The largest absolute Gasteiger partial charge is 0.432 e. The van der Waals surface area contributed by atoms with Gasteiger partial charge in [0.25, 0.3) is 0 Å². The number of hydrogen-bond donors (Lipinski definition) is 1. The zero-order valence-corrected chi connectivity index (χ0v) is 13.0. The lowest BCUT2D eigenvalue weighted by Crippen LogP contribution is -2.24. The molecule has 1 N–H and O–H groups in total. The van der Waals surface area contributed by atoms with E-state index in [1.807, 2.05) is 19.9 Å². The number of fused-ring (bicyclic) bond motifs is 3. The highest BCUT2D eigenvalue weighted by Gasteiger charge is 2.16. The molecule has 3 aromatic rings. The average Bonchev–Trinajstić information content (AvgIpc) is 2.87. The van der Waals surface area contributed by atoms with Gasteiger partial charge in [0, 0.05) is 19.9 Å². The molecular weight excluding hydrogens is 284 g/mol. The molecule has 22 heavy (non-hydrogen) atoms. The molecule has 0 atom stereocenters. The van der Waals surface area contributed by atoms with E-state index in [0.29, 0.717) is 23.7 Å². The van der Waals surface area contributed by atoms with Gasteiger partial charge in [0.05, 0.1) is 11.9 Å². The quantitative estimate of drug-likeness (QED) is 0.725. The first-order valence-corrected chi connectivity index (χ1v) is 6.95. The second kappa shape index (κ2) is 5.86. The van der Waals surface area contributed by atoms with Crippen molar-refractivity contribution in [1.82, 2.24) is 15.0 Å². The Hall–Kier alpha value is -2.25. The molecule has 0 saturated heterocycles. The Balaban J connectivity index is 2.05. The first-order valence-electron chi connectivity index (χ1n) is 6.95. The molecule has 0 saturated carbocycles. The van der Waals surface area contributed by atoms with Crippen molar-refractivity contribution >= 4 is 28.0 Å². The van der Waals surface area contributed by atoms with Crippen LogP contribution >= 0.6 is 0 Å². The molecule has 0 fully saturated rings. The summed E-state index contributed by atoms with van der Waals surface area (Å²) in [5.74, 6) is 0.595. The summed E-state index contributed by atoms with van der Waals surface area (Å²) in [6.45, 7) is 4.42. The van der Waals surface area contributed by atoms with E-state index in [9.17, 15) is 0 Å². The maximum absolute atomic E-state index is 5.84. The standard InChI is InChI=1S/C15H18N4O3/c1-8-5-10-12-13(22-15(10)19-9(8)2)14(18-7-17-12)16-6-11(20-3)21-4/h5,7,11H,6H2,1-4H3,(H,16,17,18). The third-order valence-electron chi connectivity index (χ3n) is 3.65. The summed E-state index contributed by atoms with van der Waals surface area (Å²) in [6, 6.07) is 2.04. The predicted molar refractivity (Wildman–Crippen MR) is 82.9 cm³/mol. The van der Waals surface area contributed by atoms with Crippen LogP contribution in [0, 0.1) is 13.8 Å². The Labute approximate surface area is 127 Å². The van der Waals surface area contributed by atoms with Crippen LogP contribution in [0.1, 0.15) is 11.3 Å². The molecular formula is C15H18N4O3. The molecule has 116 valence electrons. The van der Waals surface area contributed by atoms with Crippen LogP contribution in [0.2, 0.25) is 0 Å². The van der Waals surface area contributed by atoms with Crippen LogP contribution in [-0.2, 0) is 9.47 Å². The fourth-order valence-electron chi connectivity index (χ4n) is 2.26. The first-order chi connectivity index (χ1) is 10.6. The van der Waals surface area contributed by atoms with E-state index in [1.165, 1.54) is 6.33 Å². The van der Waals surface area contributed by atoms with Gasteiger partial charge < -0.3 is 19.2 Å². The molecule has 3 heterocycles. The van der Waals surface area contributed by atoms with Crippen LogP contribution in [0.3, 0.4) is 0 Å².